The molecule has 22 heavy (non-hydrogen) atoms. The fourth-order valence-electron chi connectivity index (χ4n) is 1.66. The molecule has 0 unspecified atom stereocenters. The zero-order valence-electron chi connectivity index (χ0n) is 11.4. The average Bonchev–Trinajstić information content (AvgIpc) is 3.23. The van der Waals surface area contributed by atoms with Gasteiger partial charge >= 0.3 is 5.97 Å². The largest absolute Gasteiger partial charge is 0.451 e. The molecule has 0 aliphatic rings. The lowest BCUT2D eigenvalue weighted by Gasteiger charge is -1.98. The number of hydrogen-bond acceptors (Lipinski definition) is 8. The van der Waals surface area contributed by atoms with Crippen LogP contribution in [0.4, 0.5) is 0 Å². The molecule has 0 spiro atoms. The van der Waals surface area contributed by atoms with E-state index in [1.54, 1.807) is 12.1 Å². The molecule has 0 N–H and O–H groups in total. The number of carbonyl (C=O) groups is 2. The number of hydrogen-bond donors (Lipinski definition) is 0. The van der Waals surface area contributed by atoms with Crippen molar-refractivity contribution in [3.8, 4) is 11.4 Å². The Bertz CT molecular complexity index is 805. The first kappa shape index (κ1) is 14.6. The standard InChI is InChI=1S/C14H10N2O4S2/c1-8(17)10-2-3-11(22-10)14(18)19-6-12-15-13(16-20-12)9-4-5-21-7-9/h2-5,7H,6H2,1H3. The molecular weight excluding hydrogens is 324 g/mol. The van der Waals surface area contributed by atoms with E-state index in [0.717, 1.165) is 16.9 Å². The van der Waals surface area contributed by atoms with E-state index in [0.29, 0.717) is 15.6 Å². The van der Waals surface area contributed by atoms with E-state index in [1.807, 2.05) is 16.8 Å². The van der Waals surface area contributed by atoms with E-state index >= 15 is 0 Å². The summed E-state index contributed by atoms with van der Waals surface area (Å²) in [4.78, 5) is 28.1. The molecule has 0 amide bonds. The second-order valence-electron chi connectivity index (χ2n) is 4.32. The van der Waals surface area contributed by atoms with Gasteiger partial charge in [0, 0.05) is 10.9 Å². The van der Waals surface area contributed by atoms with Gasteiger partial charge in [-0.05, 0) is 30.5 Å². The van der Waals surface area contributed by atoms with Crippen LogP contribution >= 0.6 is 22.7 Å². The van der Waals surface area contributed by atoms with Crippen LogP contribution in [0, 0.1) is 0 Å². The third-order valence-electron chi connectivity index (χ3n) is 2.73. The normalized spacial score (nSPS) is 10.6. The molecule has 6 nitrogen and oxygen atoms in total. The second-order valence-corrected chi connectivity index (χ2v) is 6.18. The molecule has 0 aliphatic carbocycles. The summed E-state index contributed by atoms with van der Waals surface area (Å²) < 4.78 is 10.1. The van der Waals surface area contributed by atoms with Crippen LogP contribution in [0.3, 0.4) is 0 Å². The zero-order chi connectivity index (χ0) is 15.5. The highest BCUT2D eigenvalue weighted by molar-refractivity contribution is 7.15. The van der Waals surface area contributed by atoms with Crippen LogP contribution in [-0.4, -0.2) is 21.9 Å². The van der Waals surface area contributed by atoms with Gasteiger partial charge in [0.25, 0.3) is 5.89 Å². The monoisotopic (exact) mass is 334 g/mol. The highest BCUT2D eigenvalue weighted by atomic mass is 32.1. The number of carbonyl (C=O) groups excluding carboxylic acids is 2. The molecule has 0 radical (unpaired) electrons. The lowest BCUT2D eigenvalue weighted by Crippen LogP contribution is -2.03. The Morgan fingerprint density at radius 2 is 2.09 bits per heavy atom. The van der Waals surface area contributed by atoms with E-state index in [9.17, 15) is 9.59 Å². The Morgan fingerprint density at radius 3 is 2.77 bits per heavy atom. The Morgan fingerprint density at radius 1 is 1.27 bits per heavy atom. The summed E-state index contributed by atoms with van der Waals surface area (Å²) in [6.45, 7) is 1.34. The van der Waals surface area contributed by atoms with Crippen molar-refractivity contribution in [2.24, 2.45) is 0 Å². The maximum absolute atomic E-state index is 11.9. The van der Waals surface area contributed by atoms with Crippen LogP contribution < -0.4 is 0 Å². The van der Waals surface area contributed by atoms with E-state index in [2.05, 4.69) is 10.1 Å². The smallest absolute Gasteiger partial charge is 0.348 e. The number of nitrogens with zero attached hydrogens (tertiary/aromatic N) is 2. The molecule has 3 rings (SSSR count). The number of ether oxygens (including phenoxy) is 1. The molecule has 0 saturated heterocycles. The second kappa shape index (κ2) is 6.20. The van der Waals surface area contributed by atoms with Gasteiger partial charge in [-0.25, -0.2) is 4.79 Å². The predicted octanol–water partition coefficient (Wildman–Crippen LogP) is 3.42. The lowest BCUT2D eigenvalue weighted by molar-refractivity contribution is 0.0435. The van der Waals surface area contributed by atoms with Gasteiger partial charge in [-0.3, -0.25) is 4.79 Å². The summed E-state index contributed by atoms with van der Waals surface area (Å²) in [5, 5.41) is 7.63. The summed E-state index contributed by atoms with van der Waals surface area (Å²) in [5.74, 6) is 0.0781. The molecule has 8 heteroatoms. The molecule has 112 valence electrons. The lowest BCUT2D eigenvalue weighted by atomic mass is 10.3. The number of aromatic nitrogens is 2. The maximum atomic E-state index is 11.9. The van der Waals surface area contributed by atoms with Gasteiger partial charge in [-0.2, -0.15) is 16.3 Å². The SMILES string of the molecule is CC(=O)c1ccc(C(=O)OCc2nc(-c3ccsc3)no2)s1. The topological polar surface area (TPSA) is 82.3 Å². The number of thiophene rings is 2. The Labute approximate surface area is 133 Å². The van der Waals surface area contributed by atoms with Crippen molar-refractivity contribution < 1.29 is 18.8 Å². The van der Waals surface area contributed by atoms with Gasteiger partial charge in [-0.1, -0.05) is 5.16 Å². The molecule has 3 aromatic heterocycles. The van der Waals surface area contributed by atoms with Crippen molar-refractivity contribution in [2.45, 2.75) is 13.5 Å². The fourth-order valence-corrected chi connectivity index (χ4v) is 3.09. The Balaban J connectivity index is 1.62. The maximum Gasteiger partial charge on any atom is 0.348 e. The van der Waals surface area contributed by atoms with Crippen molar-refractivity contribution in [3.05, 3.63) is 44.6 Å². The van der Waals surface area contributed by atoms with Gasteiger partial charge in [0.05, 0.1) is 4.88 Å². The molecule has 0 aromatic carbocycles. The first-order chi connectivity index (χ1) is 10.6. The number of esters is 1. The molecule has 0 aliphatic heterocycles. The average molecular weight is 334 g/mol. The van der Waals surface area contributed by atoms with E-state index in [1.165, 1.54) is 18.3 Å². The quantitative estimate of drug-likeness (QED) is 0.525. The number of rotatable bonds is 5. The van der Waals surface area contributed by atoms with Gasteiger partial charge in [0.1, 0.15) is 4.88 Å². The van der Waals surface area contributed by atoms with Gasteiger partial charge in [0.15, 0.2) is 12.4 Å². The van der Waals surface area contributed by atoms with Crippen molar-refractivity contribution in [1.82, 2.24) is 10.1 Å². The Hall–Kier alpha value is -2.32. The zero-order valence-corrected chi connectivity index (χ0v) is 13.1. The van der Waals surface area contributed by atoms with Crippen molar-refractivity contribution >= 4 is 34.4 Å². The van der Waals surface area contributed by atoms with E-state index < -0.39 is 5.97 Å². The molecule has 3 heterocycles. The van der Waals surface area contributed by atoms with Crippen LogP contribution in [0.25, 0.3) is 11.4 Å². The third-order valence-corrected chi connectivity index (χ3v) is 4.58. The summed E-state index contributed by atoms with van der Waals surface area (Å²) in [6.07, 6.45) is 0. The minimum absolute atomic E-state index is 0.0821. The van der Waals surface area contributed by atoms with Gasteiger partial charge in [0.2, 0.25) is 5.82 Å². The summed E-state index contributed by atoms with van der Waals surface area (Å²) in [6, 6.07) is 5.04. The minimum Gasteiger partial charge on any atom is -0.451 e. The van der Waals surface area contributed by atoms with Crippen molar-refractivity contribution in [1.29, 1.82) is 0 Å². The first-order valence-corrected chi connectivity index (χ1v) is 8.02. The van der Waals surface area contributed by atoms with E-state index in [4.69, 9.17) is 9.26 Å². The summed E-state index contributed by atoms with van der Waals surface area (Å²) >= 11 is 2.63. The van der Waals surface area contributed by atoms with E-state index in [-0.39, 0.29) is 18.3 Å². The van der Waals surface area contributed by atoms with Crippen LogP contribution in [0.5, 0.6) is 0 Å². The van der Waals surface area contributed by atoms with Crippen LogP contribution in [0.2, 0.25) is 0 Å². The summed E-state index contributed by atoms with van der Waals surface area (Å²) in [7, 11) is 0. The molecule has 0 bridgehead atoms. The molecule has 0 atom stereocenters. The minimum atomic E-state index is -0.521. The fraction of sp³-hybridized carbons (Fsp3) is 0.143. The Kier molecular flexibility index (Phi) is 4.12. The first-order valence-electron chi connectivity index (χ1n) is 6.26. The predicted molar refractivity (Wildman–Crippen MR) is 81.1 cm³/mol. The van der Waals surface area contributed by atoms with Gasteiger partial charge < -0.3 is 9.26 Å². The van der Waals surface area contributed by atoms with Crippen LogP contribution in [-0.2, 0) is 11.3 Å². The molecule has 0 saturated carbocycles. The highest BCUT2D eigenvalue weighted by Crippen LogP contribution is 2.20. The molecule has 3 aromatic rings. The third kappa shape index (κ3) is 3.12. The molecule has 0 fully saturated rings. The van der Waals surface area contributed by atoms with Crippen LogP contribution in [0.15, 0.2) is 33.5 Å². The highest BCUT2D eigenvalue weighted by Gasteiger charge is 2.15. The molecular formula is C14H10N2O4S2. The van der Waals surface area contributed by atoms with Crippen molar-refractivity contribution in [3.63, 3.8) is 0 Å². The summed E-state index contributed by atoms with van der Waals surface area (Å²) in [5.41, 5.74) is 0.857. The van der Waals surface area contributed by atoms with Crippen molar-refractivity contribution in [2.75, 3.05) is 0 Å². The number of Topliss-reactive ketones (excluding diaryl/α,β-unsaturated/α-hetero) is 1. The number of ketones is 1. The van der Waals surface area contributed by atoms with Gasteiger partial charge in [-0.15, -0.1) is 11.3 Å². The van der Waals surface area contributed by atoms with Crippen LogP contribution in [0.1, 0.15) is 32.2 Å².